The van der Waals surface area contributed by atoms with Crippen molar-refractivity contribution >= 4 is 11.9 Å². The predicted octanol–water partition coefficient (Wildman–Crippen LogP) is 4.24. The van der Waals surface area contributed by atoms with Crippen molar-refractivity contribution in [2.75, 3.05) is 25.2 Å². The molecule has 1 aliphatic heterocycles. The van der Waals surface area contributed by atoms with Crippen LogP contribution in [0.2, 0.25) is 0 Å². The molecule has 0 aromatic carbocycles. The lowest BCUT2D eigenvalue weighted by molar-refractivity contribution is 0.0904. The van der Waals surface area contributed by atoms with Gasteiger partial charge in [-0.2, -0.15) is 0 Å². The molecule has 2 heterocycles. The molecular weight excluding hydrogens is 279 g/mol. The number of aryl methyl sites for hydroxylation is 1. The lowest BCUT2D eigenvalue weighted by atomic mass is 9.99. The molecule has 22 heavy (non-hydrogen) atoms. The molecule has 1 aromatic rings. The summed E-state index contributed by atoms with van der Waals surface area (Å²) in [7, 11) is 0. The minimum absolute atomic E-state index is 0.0373. The maximum absolute atomic E-state index is 12.8. The minimum Gasteiger partial charge on any atom is -0.381 e. The fourth-order valence-electron chi connectivity index (χ4n) is 2.58. The van der Waals surface area contributed by atoms with E-state index in [1.165, 1.54) is 5.56 Å². The van der Waals surface area contributed by atoms with E-state index in [0.29, 0.717) is 6.04 Å². The maximum Gasteiger partial charge on any atom is 0.126 e. The molecule has 4 heteroatoms. The predicted molar refractivity (Wildman–Crippen MR) is 89.9 cm³/mol. The molecule has 1 unspecified atom stereocenters. The van der Waals surface area contributed by atoms with Gasteiger partial charge in [0.2, 0.25) is 0 Å². The molecule has 0 saturated carbocycles. The van der Waals surface area contributed by atoms with Gasteiger partial charge < -0.3 is 10.1 Å². The molecule has 1 aromatic heterocycles. The summed E-state index contributed by atoms with van der Waals surface area (Å²) < 4.78 is 18.1. The number of allylic oxidation sites excluding steroid dienone is 1. The van der Waals surface area contributed by atoms with Crippen LogP contribution in [0.3, 0.4) is 0 Å². The number of nitrogens with zero attached hydrogens (tertiary/aromatic N) is 1. The third kappa shape index (κ3) is 4.54. The van der Waals surface area contributed by atoms with Gasteiger partial charge in [0.25, 0.3) is 0 Å². The highest BCUT2D eigenvalue weighted by molar-refractivity contribution is 5.58. The molecular formula is C18H27FN2O. The van der Waals surface area contributed by atoms with E-state index in [-0.39, 0.29) is 12.6 Å². The molecule has 1 atom stereocenters. The summed E-state index contributed by atoms with van der Waals surface area (Å²) in [6, 6.07) is 2.56. The van der Waals surface area contributed by atoms with Crippen molar-refractivity contribution in [1.82, 2.24) is 4.98 Å². The smallest absolute Gasteiger partial charge is 0.126 e. The Bertz CT molecular complexity index is 510. The zero-order valence-electron chi connectivity index (χ0n) is 13.9. The number of alkyl halides is 1. The van der Waals surface area contributed by atoms with Crippen LogP contribution in [0, 0.1) is 5.92 Å². The summed E-state index contributed by atoms with van der Waals surface area (Å²) in [5.41, 5.74) is 3.40. The third-order valence-electron chi connectivity index (χ3n) is 4.37. The number of nitrogens with one attached hydrogen (secondary N) is 1. The highest BCUT2D eigenvalue weighted by Crippen LogP contribution is 2.21. The van der Waals surface area contributed by atoms with E-state index in [2.05, 4.69) is 29.4 Å². The topological polar surface area (TPSA) is 34.1 Å². The molecule has 3 nitrogen and oxygen atoms in total. The molecule has 0 radical (unpaired) electrons. The van der Waals surface area contributed by atoms with Crippen LogP contribution in [0.25, 0.3) is 6.08 Å². The Kier molecular flexibility index (Phi) is 6.37. The highest BCUT2D eigenvalue weighted by atomic mass is 19.1. The normalized spacial score (nSPS) is 18.3. The van der Waals surface area contributed by atoms with Crippen LogP contribution in [0.5, 0.6) is 0 Å². The molecule has 0 bridgehead atoms. The summed E-state index contributed by atoms with van der Waals surface area (Å²) in [5, 5.41) is 3.50. The van der Waals surface area contributed by atoms with Crippen LogP contribution in [0.4, 0.5) is 10.2 Å². The molecule has 0 amide bonds. The number of rotatable bonds is 6. The van der Waals surface area contributed by atoms with Gasteiger partial charge in [-0.1, -0.05) is 25.5 Å². The van der Waals surface area contributed by atoms with E-state index in [0.717, 1.165) is 49.4 Å². The fraction of sp³-hybridized carbons (Fsp3) is 0.611. The molecule has 0 aliphatic carbocycles. The number of pyridine rings is 1. The van der Waals surface area contributed by atoms with Gasteiger partial charge in [-0.25, -0.2) is 4.98 Å². The lowest BCUT2D eigenvalue weighted by Crippen LogP contribution is -2.28. The van der Waals surface area contributed by atoms with E-state index in [9.17, 15) is 4.39 Å². The number of anilines is 1. The van der Waals surface area contributed by atoms with Crippen molar-refractivity contribution in [1.29, 1.82) is 0 Å². The van der Waals surface area contributed by atoms with Crippen molar-refractivity contribution in [2.24, 2.45) is 5.92 Å². The lowest BCUT2D eigenvalue weighted by Gasteiger charge is -2.24. The van der Waals surface area contributed by atoms with Gasteiger partial charge in [0.15, 0.2) is 0 Å². The van der Waals surface area contributed by atoms with E-state index < -0.39 is 0 Å². The SMILES string of the molecule is CCc1cc(NC2CCOCC2)ncc1/C=C(\C)C(C)CF. The Morgan fingerprint density at radius 3 is 2.86 bits per heavy atom. The Hall–Kier alpha value is -1.42. The average Bonchev–Trinajstić information content (AvgIpc) is 2.56. The Morgan fingerprint density at radius 2 is 2.23 bits per heavy atom. The number of halogens is 1. The van der Waals surface area contributed by atoms with Crippen LogP contribution < -0.4 is 5.32 Å². The molecule has 1 N–H and O–H groups in total. The van der Waals surface area contributed by atoms with Crippen molar-refractivity contribution in [3.8, 4) is 0 Å². The van der Waals surface area contributed by atoms with E-state index >= 15 is 0 Å². The first-order valence-electron chi connectivity index (χ1n) is 8.21. The monoisotopic (exact) mass is 306 g/mol. The Labute approximate surface area is 133 Å². The van der Waals surface area contributed by atoms with Gasteiger partial charge in [-0.05, 0) is 43.4 Å². The molecule has 1 fully saturated rings. The second-order valence-corrected chi connectivity index (χ2v) is 6.10. The van der Waals surface area contributed by atoms with E-state index in [1.54, 1.807) is 0 Å². The maximum atomic E-state index is 12.8. The standard InChI is InChI=1S/C18H27FN2O/c1-4-15-10-18(21-17-5-7-22-8-6-17)20-12-16(15)9-13(2)14(3)11-19/h9-10,12,14,17H,4-8,11H2,1-3H3,(H,20,21)/b13-9+. The van der Waals surface area contributed by atoms with Gasteiger partial charge in [0.1, 0.15) is 5.82 Å². The molecule has 0 spiro atoms. The summed E-state index contributed by atoms with van der Waals surface area (Å²) in [5.74, 6) is 0.891. The first kappa shape index (κ1) is 16.9. The molecule has 1 saturated heterocycles. The zero-order valence-corrected chi connectivity index (χ0v) is 13.9. The fourth-order valence-corrected chi connectivity index (χ4v) is 2.58. The second-order valence-electron chi connectivity index (χ2n) is 6.10. The number of ether oxygens (including phenoxy) is 1. The van der Waals surface area contributed by atoms with Crippen molar-refractivity contribution in [3.63, 3.8) is 0 Å². The van der Waals surface area contributed by atoms with E-state index in [4.69, 9.17) is 4.74 Å². The number of aromatic nitrogens is 1. The quantitative estimate of drug-likeness (QED) is 0.853. The molecule has 122 valence electrons. The third-order valence-corrected chi connectivity index (χ3v) is 4.37. The van der Waals surface area contributed by atoms with Crippen LogP contribution in [-0.2, 0) is 11.2 Å². The van der Waals surface area contributed by atoms with Gasteiger partial charge in [-0.3, -0.25) is 4.39 Å². The largest absolute Gasteiger partial charge is 0.381 e. The van der Waals surface area contributed by atoms with Crippen molar-refractivity contribution in [3.05, 3.63) is 29.0 Å². The minimum atomic E-state index is -0.319. The summed E-state index contributed by atoms with van der Waals surface area (Å²) in [6.45, 7) is 7.35. The second kappa shape index (κ2) is 8.28. The average molecular weight is 306 g/mol. The number of hydrogen-bond acceptors (Lipinski definition) is 3. The first-order chi connectivity index (χ1) is 10.6. The van der Waals surface area contributed by atoms with Gasteiger partial charge >= 0.3 is 0 Å². The van der Waals surface area contributed by atoms with Crippen LogP contribution >= 0.6 is 0 Å². The van der Waals surface area contributed by atoms with Crippen molar-refractivity contribution in [2.45, 2.75) is 46.1 Å². The first-order valence-corrected chi connectivity index (χ1v) is 8.21. The highest BCUT2D eigenvalue weighted by Gasteiger charge is 2.14. The molecule has 2 rings (SSSR count). The summed E-state index contributed by atoms with van der Waals surface area (Å²) >= 11 is 0. The van der Waals surface area contributed by atoms with Crippen molar-refractivity contribution < 1.29 is 9.13 Å². The zero-order chi connectivity index (χ0) is 15.9. The van der Waals surface area contributed by atoms with E-state index in [1.807, 2.05) is 20.0 Å². The Balaban J connectivity index is 2.13. The molecule has 1 aliphatic rings. The van der Waals surface area contributed by atoms with Crippen LogP contribution in [0.15, 0.2) is 17.8 Å². The van der Waals surface area contributed by atoms with Crippen LogP contribution in [0.1, 0.15) is 44.7 Å². The summed E-state index contributed by atoms with van der Waals surface area (Å²) in [6.07, 6.45) is 6.95. The van der Waals surface area contributed by atoms with Gasteiger partial charge in [0.05, 0.1) is 6.67 Å². The van der Waals surface area contributed by atoms with Gasteiger partial charge in [0, 0.05) is 31.4 Å². The number of hydrogen-bond donors (Lipinski definition) is 1. The van der Waals surface area contributed by atoms with Gasteiger partial charge in [-0.15, -0.1) is 0 Å². The summed E-state index contributed by atoms with van der Waals surface area (Å²) in [4.78, 5) is 4.53. The Morgan fingerprint density at radius 1 is 1.50 bits per heavy atom. The van der Waals surface area contributed by atoms with Crippen LogP contribution in [-0.4, -0.2) is 30.9 Å².